The van der Waals surface area contributed by atoms with Gasteiger partial charge in [0.05, 0.1) is 0 Å². The highest BCUT2D eigenvalue weighted by molar-refractivity contribution is 5.03. The van der Waals surface area contributed by atoms with Gasteiger partial charge in [-0.3, -0.25) is 0 Å². The molecule has 1 atom stereocenters. The smallest absolute Gasteiger partial charge is 0.125 e. The van der Waals surface area contributed by atoms with Crippen molar-refractivity contribution in [3.63, 3.8) is 0 Å². The van der Waals surface area contributed by atoms with Crippen LogP contribution in [-0.4, -0.2) is 23.1 Å². The molecule has 0 aliphatic heterocycles. The van der Waals surface area contributed by atoms with Crippen molar-refractivity contribution in [3.8, 4) is 0 Å². The van der Waals surface area contributed by atoms with Crippen molar-refractivity contribution in [2.75, 3.05) is 7.05 Å². The fourth-order valence-electron chi connectivity index (χ4n) is 1.57. The van der Waals surface area contributed by atoms with E-state index in [1.54, 1.807) is 0 Å². The van der Waals surface area contributed by atoms with Crippen LogP contribution in [0.15, 0.2) is 12.3 Å². The molecule has 78 valence electrons. The molecule has 0 aromatic carbocycles. The van der Waals surface area contributed by atoms with E-state index in [1.807, 2.05) is 26.2 Å². The molecule has 3 nitrogen and oxygen atoms in total. The molecule has 0 bridgehead atoms. The zero-order valence-corrected chi connectivity index (χ0v) is 9.25. The van der Waals surface area contributed by atoms with Crippen LogP contribution in [0.25, 0.3) is 0 Å². The quantitative estimate of drug-likeness (QED) is 0.773. The van der Waals surface area contributed by atoms with E-state index in [9.17, 15) is 0 Å². The molecule has 1 aromatic heterocycles. The molecule has 1 rings (SSSR count). The predicted octanol–water partition coefficient (Wildman–Crippen LogP) is 1.72. The monoisotopic (exact) mass is 193 g/mol. The lowest BCUT2D eigenvalue weighted by atomic mass is 10.1. The Morgan fingerprint density at radius 2 is 2.29 bits per heavy atom. The fraction of sp³-hybridized carbons (Fsp3) is 0.636. The average molecular weight is 193 g/mol. The van der Waals surface area contributed by atoms with Crippen LogP contribution in [0, 0.1) is 6.92 Å². The van der Waals surface area contributed by atoms with Crippen LogP contribution >= 0.6 is 0 Å². The maximum absolute atomic E-state index is 4.39. The maximum Gasteiger partial charge on any atom is 0.125 e. The molecule has 0 fully saturated rings. The Balaban J connectivity index is 2.57. The maximum atomic E-state index is 4.39. The molecule has 0 saturated carbocycles. The summed E-state index contributed by atoms with van der Waals surface area (Å²) in [6, 6.07) is 2.53. The van der Waals surface area contributed by atoms with Crippen LogP contribution in [-0.2, 0) is 6.42 Å². The van der Waals surface area contributed by atoms with E-state index < -0.39 is 0 Å². The summed E-state index contributed by atoms with van der Waals surface area (Å²) in [6.07, 6.45) is 5.22. The second kappa shape index (κ2) is 5.70. The number of rotatable bonds is 5. The van der Waals surface area contributed by atoms with E-state index in [2.05, 4.69) is 22.2 Å². The summed E-state index contributed by atoms with van der Waals surface area (Å²) in [5, 5.41) is 3.31. The third-order valence-electron chi connectivity index (χ3n) is 2.33. The molecular weight excluding hydrogens is 174 g/mol. The van der Waals surface area contributed by atoms with Crippen LogP contribution in [0.3, 0.4) is 0 Å². The minimum Gasteiger partial charge on any atom is -0.317 e. The van der Waals surface area contributed by atoms with Crippen LogP contribution in [0.5, 0.6) is 0 Å². The third-order valence-corrected chi connectivity index (χ3v) is 2.33. The Bertz CT molecular complexity index is 273. The second-order valence-electron chi connectivity index (χ2n) is 3.57. The van der Waals surface area contributed by atoms with Crippen LogP contribution < -0.4 is 5.32 Å². The van der Waals surface area contributed by atoms with Gasteiger partial charge in [0.2, 0.25) is 0 Å². The number of hydrogen-bond acceptors (Lipinski definition) is 3. The van der Waals surface area contributed by atoms with Gasteiger partial charge in [-0.2, -0.15) is 0 Å². The first-order valence-electron chi connectivity index (χ1n) is 5.22. The zero-order chi connectivity index (χ0) is 10.4. The van der Waals surface area contributed by atoms with Crippen molar-refractivity contribution in [2.24, 2.45) is 0 Å². The Morgan fingerprint density at radius 1 is 1.50 bits per heavy atom. The minimum atomic E-state index is 0.536. The van der Waals surface area contributed by atoms with E-state index in [-0.39, 0.29) is 0 Å². The Hall–Kier alpha value is -0.960. The first kappa shape index (κ1) is 11.1. The molecule has 14 heavy (non-hydrogen) atoms. The van der Waals surface area contributed by atoms with E-state index in [4.69, 9.17) is 0 Å². The zero-order valence-electron chi connectivity index (χ0n) is 9.25. The number of aryl methyl sites for hydroxylation is 1. The van der Waals surface area contributed by atoms with Crippen molar-refractivity contribution in [1.29, 1.82) is 0 Å². The number of aromatic nitrogens is 2. The van der Waals surface area contributed by atoms with Gasteiger partial charge in [0, 0.05) is 24.4 Å². The van der Waals surface area contributed by atoms with E-state index in [0.29, 0.717) is 6.04 Å². The molecule has 0 aliphatic carbocycles. The highest BCUT2D eigenvalue weighted by Gasteiger charge is 2.06. The van der Waals surface area contributed by atoms with Gasteiger partial charge in [0.1, 0.15) is 5.82 Å². The Labute approximate surface area is 86.0 Å². The predicted molar refractivity (Wildman–Crippen MR) is 58.2 cm³/mol. The summed E-state index contributed by atoms with van der Waals surface area (Å²) < 4.78 is 0. The number of nitrogens with one attached hydrogen (secondary N) is 1. The summed E-state index contributed by atoms with van der Waals surface area (Å²) in [5.74, 6) is 0.855. The second-order valence-corrected chi connectivity index (χ2v) is 3.57. The van der Waals surface area contributed by atoms with Crippen LogP contribution in [0.2, 0.25) is 0 Å². The summed E-state index contributed by atoms with van der Waals surface area (Å²) in [4.78, 5) is 8.48. The molecule has 0 aliphatic rings. The fourth-order valence-corrected chi connectivity index (χ4v) is 1.57. The SMILES string of the molecule is CCCC(Cc1ccnc(C)n1)NC. The van der Waals surface area contributed by atoms with Crippen molar-refractivity contribution in [1.82, 2.24) is 15.3 Å². The molecule has 1 aromatic rings. The molecule has 0 spiro atoms. The topological polar surface area (TPSA) is 37.8 Å². The highest BCUT2D eigenvalue weighted by Crippen LogP contribution is 2.04. The first-order chi connectivity index (χ1) is 6.76. The summed E-state index contributed by atoms with van der Waals surface area (Å²) >= 11 is 0. The third kappa shape index (κ3) is 3.42. The van der Waals surface area contributed by atoms with E-state index in [1.165, 1.54) is 12.8 Å². The lowest BCUT2D eigenvalue weighted by Gasteiger charge is -2.14. The van der Waals surface area contributed by atoms with Crippen molar-refractivity contribution in [3.05, 3.63) is 23.8 Å². The largest absolute Gasteiger partial charge is 0.317 e. The van der Waals surface area contributed by atoms with Gasteiger partial charge < -0.3 is 5.32 Å². The van der Waals surface area contributed by atoms with Gasteiger partial charge in [-0.15, -0.1) is 0 Å². The molecule has 0 saturated heterocycles. The number of likely N-dealkylation sites (N-methyl/N-ethyl adjacent to an activating group) is 1. The van der Waals surface area contributed by atoms with Gasteiger partial charge in [0.15, 0.2) is 0 Å². The molecule has 0 amide bonds. The lowest BCUT2D eigenvalue weighted by molar-refractivity contribution is 0.508. The highest BCUT2D eigenvalue weighted by atomic mass is 14.9. The minimum absolute atomic E-state index is 0.536. The summed E-state index contributed by atoms with van der Waals surface area (Å²) in [7, 11) is 2.01. The molecule has 3 heteroatoms. The number of hydrogen-bond donors (Lipinski definition) is 1. The van der Waals surface area contributed by atoms with Gasteiger partial charge in [-0.05, 0) is 26.5 Å². The van der Waals surface area contributed by atoms with Gasteiger partial charge in [-0.1, -0.05) is 13.3 Å². The molecule has 1 N–H and O–H groups in total. The standard InChI is InChI=1S/C11H19N3/c1-4-5-10(12-3)8-11-6-7-13-9(2)14-11/h6-7,10,12H,4-5,8H2,1-3H3. The van der Waals surface area contributed by atoms with E-state index in [0.717, 1.165) is 17.9 Å². The Kier molecular flexibility index (Phi) is 4.53. The molecule has 0 radical (unpaired) electrons. The van der Waals surface area contributed by atoms with Crippen molar-refractivity contribution < 1.29 is 0 Å². The van der Waals surface area contributed by atoms with Crippen molar-refractivity contribution >= 4 is 0 Å². The lowest BCUT2D eigenvalue weighted by Crippen LogP contribution is -2.27. The number of nitrogens with zero attached hydrogens (tertiary/aromatic N) is 2. The molecule has 1 unspecified atom stereocenters. The van der Waals surface area contributed by atoms with Gasteiger partial charge >= 0.3 is 0 Å². The van der Waals surface area contributed by atoms with Crippen molar-refractivity contribution in [2.45, 2.75) is 39.2 Å². The molecule has 1 heterocycles. The summed E-state index contributed by atoms with van der Waals surface area (Å²) in [5.41, 5.74) is 1.13. The van der Waals surface area contributed by atoms with E-state index >= 15 is 0 Å². The Morgan fingerprint density at radius 3 is 2.86 bits per heavy atom. The average Bonchev–Trinajstić information content (AvgIpc) is 2.17. The van der Waals surface area contributed by atoms with Crippen LogP contribution in [0.4, 0.5) is 0 Å². The summed E-state index contributed by atoms with van der Waals surface area (Å²) in [6.45, 7) is 4.13. The first-order valence-corrected chi connectivity index (χ1v) is 5.22. The normalized spacial score (nSPS) is 12.8. The van der Waals surface area contributed by atoms with Gasteiger partial charge in [0.25, 0.3) is 0 Å². The van der Waals surface area contributed by atoms with Gasteiger partial charge in [-0.25, -0.2) is 9.97 Å². The molecular formula is C11H19N3. The van der Waals surface area contributed by atoms with Crippen LogP contribution in [0.1, 0.15) is 31.3 Å².